The average molecular weight is 312 g/mol. The molecule has 0 saturated heterocycles. The van der Waals surface area contributed by atoms with Gasteiger partial charge in [0.05, 0.1) is 13.3 Å². The predicted octanol–water partition coefficient (Wildman–Crippen LogP) is 2.86. The van der Waals surface area contributed by atoms with Crippen molar-refractivity contribution in [3.8, 4) is 0 Å². The Labute approximate surface area is 128 Å². The first-order valence-electron chi connectivity index (χ1n) is 6.49. The summed E-state index contributed by atoms with van der Waals surface area (Å²) < 4.78 is 9.71. The van der Waals surface area contributed by atoms with E-state index in [4.69, 9.17) is 4.74 Å². The molecule has 0 aromatic carbocycles. The highest BCUT2D eigenvalue weighted by Gasteiger charge is 2.15. The SMILES string of the molecule is COC(=O)c1cnc(C=CCCNC(=O)OC(C)(C)C)s1. The highest BCUT2D eigenvalue weighted by Crippen LogP contribution is 2.15. The smallest absolute Gasteiger partial charge is 0.407 e. The molecular weight excluding hydrogens is 292 g/mol. The molecule has 0 aliphatic heterocycles. The van der Waals surface area contributed by atoms with Crippen molar-refractivity contribution in [3.63, 3.8) is 0 Å². The number of methoxy groups -OCH3 is 1. The molecular formula is C14H20N2O4S. The average Bonchev–Trinajstić information content (AvgIpc) is 2.84. The molecule has 0 spiro atoms. The Morgan fingerprint density at radius 2 is 2.14 bits per heavy atom. The van der Waals surface area contributed by atoms with Crippen LogP contribution in [-0.4, -0.2) is 36.3 Å². The standard InChI is InChI=1S/C14H20N2O4S/c1-14(2,3)20-13(18)15-8-6-5-7-11-16-9-10(21-11)12(17)19-4/h5,7,9H,6,8H2,1-4H3,(H,15,18). The molecule has 1 aromatic heterocycles. The fourth-order valence-electron chi connectivity index (χ4n) is 1.32. The van der Waals surface area contributed by atoms with Crippen LogP contribution in [0.5, 0.6) is 0 Å². The fourth-order valence-corrected chi connectivity index (χ4v) is 2.08. The third-order valence-corrected chi connectivity index (χ3v) is 3.09. The second-order valence-electron chi connectivity index (χ2n) is 5.17. The lowest BCUT2D eigenvalue weighted by molar-refractivity contribution is 0.0527. The molecule has 1 heterocycles. The summed E-state index contributed by atoms with van der Waals surface area (Å²) in [7, 11) is 1.33. The molecule has 0 fully saturated rings. The van der Waals surface area contributed by atoms with Crippen molar-refractivity contribution in [1.82, 2.24) is 10.3 Å². The summed E-state index contributed by atoms with van der Waals surface area (Å²) in [5.41, 5.74) is -0.495. The number of ether oxygens (including phenoxy) is 2. The maximum absolute atomic E-state index is 11.4. The zero-order valence-corrected chi connectivity index (χ0v) is 13.5. The number of alkyl carbamates (subject to hydrolysis) is 1. The van der Waals surface area contributed by atoms with Gasteiger partial charge in [-0.15, -0.1) is 11.3 Å². The molecule has 1 aromatic rings. The first-order chi connectivity index (χ1) is 9.81. The van der Waals surface area contributed by atoms with Gasteiger partial charge in [-0.25, -0.2) is 14.6 Å². The molecule has 6 nitrogen and oxygen atoms in total. The molecule has 0 unspecified atom stereocenters. The summed E-state index contributed by atoms with van der Waals surface area (Å²) in [5, 5.41) is 3.37. The Morgan fingerprint density at radius 1 is 1.43 bits per heavy atom. The number of amides is 1. The van der Waals surface area contributed by atoms with Gasteiger partial charge in [-0.1, -0.05) is 6.08 Å². The number of aromatic nitrogens is 1. The summed E-state index contributed by atoms with van der Waals surface area (Å²) in [6, 6.07) is 0. The van der Waals surface area contributed by atoms with E-state index in [1.807, 2.05) is 26.8 Å². The normalized spacial score (nSPS) is 11.4. The first-order valence-corrected chi connectivity index (χ1v) is 7.31. The molecule has 1 N–H and O–H groups in total. The number of carbonyl (C=O) groups is 2. The minimum atomic E-state index is -0.495. The van der Waals surface area contributed by atoms with Crippen molar-refractivity contribution < 1.29 is 19.1 Å². The van der Waals surface area contributed by atoms with Gasteiger partial charge in [-0.05, 0) is 33.3 Å². The van der Waals surface area contributed by atoms with Crippen LogP contribution in [0.15, 0.2) is 12.3 Å². The Hall–Kier alpha value is -1.89. The van der Waals surface area contributed by atoms with E-state index in [1.165, 1.54) is 24.6 Å². The number of esters is 1. The van der Waals surface area contributed by atoms with Crippen LogP contribution in [0.4, 0.5) is 4.79 Å². The minimum Gasteiger partial charge on any atom is -0.465 e. The van der Waals surface area contributed by atoms with Crippen molar-refractivity contribution >= 4 is 29.5 Å². The van der Waals surface area contributed by atoms with Gasteiger partial charge < -0.3 is 14.8 Å². The largest absolute Gasteiger partial charge is 0.465 e. The van der Waals surface area contributed by atoms with Crippen LogP contribution >= 0.6 is 11.3 Å². The predicted molar refractivity (Wildman–Crippen MR) is 81.3 cm³/mol. The first kappa shape index (κ1) is 17.2. The van der Waals surface area contributed by atoms with Gasteiger partial charge in [0.2, 0.25) is 0 Å². The van der Waals surface area contributed by atoms with Gasteiger partial charge in [-0.2, -0.15) is 0 Å². The zero-order valence-electron chi connectivity index (χ0n) is 12.6. The van der Waals surface area contributed by atoms with Crippen molar-refractivity contribution in [1.29, 1.82) is 0 Å². The molecule has 21 heavy (non-hydrogen) atoms. The number of carbonyl (C=O) groups excluding carboxylic acids is 2. The summed E-state index contributed by atoms with van der Waals surface area (Å²) in [6.07, 6.45) is 5.37. The molecule has 0 aliphatic rings. The fraction of sp³-hybridized carbons (Fsp3) is 0.500. The van der Waals surface area contributed by atoms with Crippen LogP contribution in [0.25, 0.3) is 6.08 Å². The highest BCUT2D eigenvalue weighted by molar-refractivity contribution is 7.14. The van der Waals surface area contributed by atoms with E-state index in [9.17, 15) is 9.59 Å². The number of thiazole rings is 1. The van der Waals surface area contributed by atoms with Crippen molar-refractivity contribution in [3.05, 3.63) is 22.2 Å². The quantitative estimate of drug-likeness (QED) is 0.668. The number of nitrogens with one attached hydrogen (secondary N) is 1. The Balaban J connectivity index is 2.31. The summed E-state index contributed by atoms with van der Waals surface area (Å²) in [4.78, 5) is 27.2. The molecule has 0 bridgehead atoms. The van der Waals surface area contributed by atoms with Crippen LogP contribution in [0.3, 0.4) is 0 Å². The Morgan fingerprint density at radius 3 is 2.76 bits per heavy atom. The lowest BCUT2D eigenvalue weighted by atomic mass is 10.2. The summed E-state index contributed by atoms with van der Waals surface area (Å²) >= 11 is 1.25. The van der Waals surface area contributed by atoms with Crippen molar-refractivity contribution in [2.24, 2.45) is 0 Å². The highest BCUT2D eigenvalue weighted by atomic mass is 32.1. The van der Waals surface area contributed by atoms with Gasteiger partial charge in [0, 0.05) is 6.54 Å². The molecule has 1 amide bonds. The van der Waals surface area contributed by atoms with Gasteiger partial charge in [0.25, 0.3) is 0 Å². The second kappa shape index (κ2) is 7.78. The second-order valence-corrected chi connectivity index (χ2v) is 6.24. The number of nitrogens with zero attached hydrogens (tertiary/aromatic N) is 1. The van der Waals surface area contributed by atoms with E-state index in [0.717, 1.165) is 0 Å². The van der Waals surface area contributed by atoms with E-state index >= 15 is 0 Å². The number of rotatable bonds is 5. The number of hydrogen-bond donors (Lipinski definition) is 1. The molecule has 0 radical (unpaired) electrons. The third kappa shape index (κ3) is 6.89. The number of hydrogen-bond acceptors (Lipinski definition) is 6. The van der Waals surface area contributed by atoms with Crippen molar-refractivity contribution in [2.45, 2.75) is 32.8 Å². The molecule has 0 aliphatic carbocycles. The molecule has 7 heteroatoms. The minimum absolute atomic E-state index is 0.390. The van der Waals surface area contributed by atoms with E-state index in [2.05, 4.69) is 15.0 Å². The van der Waals surface area contributed by atoms with Gasteiger partial charge in [0.15, 0.2) is 0 Å². The summed E-state index contributed by atoms with van der Waals surface area (Å²) in [5.74, 6) is -0.390. The lowest BCUT2D eigenvalue weighted by Crippen LogP contribution is -2.32. The van der Waals surface area contributed by atoms with Gasteiger partial charge >= 0.3 is 12.1 Å². The molecule has 116 valence electrons. The monoisotopic (exact) mass is 312 g/mol. The van der Waals surface area contributed by atoms with Crippen molar-refractivity contribution in [2.75, 3.05) is 13.7 Å². The summed E-state index contributed by atoms with van der Waals surface area (Å²) in [6.45, 7) is 5.91. The molecule has 0 atom stereocenters. The van der Waals surface area contributed by atoms with Crippen LogP contribution < -0.4 is 5.32 Å². The maximum atomic E-state index is 11.4. The third-order valence-electron chi connectivity index (χ3n) is 2.15. The van der Waals surface area contributed by atoms with E-state index < -0.39 is 17.7 Å². The topological polar surface area (TPSA) is 77.5 Å². The lowest BCUT2D eigenvalue weighted by Gasteiger charge is -2.19. The van der Waals surface area contributed by atoms with Gasteiger partial charge in [0.1, 0.15) is 15.5 Å². The van der Waals surface area contributed by atoms with Crippen LogP contribution in [-0.2, 0) is 9.47 Å². The zero-order chi connectivity index (χ0) is 15.9. The van der Waals surface area contributed by atoms with E-state index in [-0.39, 0.29) is 0 Å². The molecule has 1 rings (SSSR count). The Kier molecular flexibility index (Phi) is 6.36. The van der Waals surface area contributed by atoms with E-state index in [0.29, 0.717) is 22.9 Å². The molecule has 0 saturated carbocycles. The van der Waals surface area contributed by atoms with E-state index in [1.54, 1.807) is 6.08 Å². The maximum Gasteiger partial charge on any atom is 0.407 e. The van der Waals surface area contributed by atoms with Crippen LogP contribution in [0.2, 0.25) is 0 Å². The van der Waals surface area contributed by atoms with Crippen LogP contribution in [0.1, 0.15) is 41.9 Å². The van der Waals surface area contributed by atoms with Gasteiger partial charge in [-0.3, -0.25) is 0 Å². The van der Waals surface area contributed by atoms with Crippen LogP contribution in [0, 0.1) is 0 Å². The Bertz CT molecular complexity index is 517.